The number of unbranched alkanes of at least 4 members (excludes halogenated alkanes) is 1. The average Bonchev–Trinajstić information content (AvgIpc) is 2.24. The van der Waals surface area contributed by atoms with Crippen molar-refractivity contribution in [1.29, 1.82) is 5.26 Å². The first-order chi connectivity index (χ1) is 8.92. The third-order valence-corrected chi connectivity index (χ3v) is 3.42. The maximum Gasteiger partial charge on any atom is 0.422 e. The van der Waals surface area contributed by atoms with E-state index in [1.165, 1.54) is 0 Å². The van der Waals surface area contributed by atoms with Gasteiger partial charge in [-0.15, -0.1) is 0 Å². The Morgan fingerprint density at radius 2 is 1.60 bits per heavy atom. The number of nitrogens with zero attached hydrogens (tertiary/aromatic N) is 1. The molecule has 0 saturated carbocycles. The Bertz CT molecular complexity index is 329. The van der Waals surface area contributed by atoms with Crippen LogP contribution in [0.15, 0.2) is 0 Å². The van der Waals surface area contributed by atoms with E-state index in [9.17, 15) is 30.7 Å². The van der Waals surface area contributed by atoms with E-state index in [-0.39, 0.29) is 19.8 Å². The molecule has 118 valence electrons. The molecule has 0 spiro atoms. The molecule has 0 aliphatic rings. The molecule has 1 nitrogen and oxygen atoms in total. The van der Waals surface area contributed by atoms with Gasteiger partial charge in [-0.1, -0.05) is 6.42 Å². The molecule has 9 heteroatoms. The van der Waals surface area contributed by atoms with Gasteiger partial charge in [0, 0.05) is 12.2 Å². The van der Waals surface area contributed by atoms with E-state index in [1.807, 2.05) is 0 Å². The molecule has 0 N–H and O–H groups in total. The molecule has 2 unspecified atom stereocenters. The van der Waals surface area contributed by atoms with Crippen molar-refractivity contribution in [2.24, 2.45) is 5.92 Å². The van der Waals surface area contributed by atoms with Crippen LogP contribution < -0.4 is 0 Å². The Hall–Kier alpha value is -0.650. The Balaban J connectivity index is 4.57. The normalized spacial score (nSPS) is 17.4. The summed E-state index contributed by atoms with van der Waals surface area (Å²) in [6, 6.07) is 0. The summed E-state index contributed by atoms with van der Waals surface area (Å²) in [5.41, 5.74) is -3.87. The van der Waals surface area contributed by atoms with Gasteiger partial charge in [0.1, 0.15) is 5.40 Å². The lowest BCUT2D eigenvalue weighted by molar-refractivity contribution is -0.248. The Labute approximate surface area is 116 Å². The fraction of sp³-hybridized carbons (Fsp3) is 0.909. The SMILES string of the molecule is CC(F)(CC(CCCCSC#N)C(F)(F)F)C(F)(F)F. The van der Waals surface area contributed by atoms with Crippen molar-refractivity contribution in [2.45, 2.75) is 50.6 Å². The van der Waals surface area contributed by atoms with Crippen LogP contribution in [0.3, 0.4) is 0 Å². The first-order valence-electron chi connectivity index (χ1n) is 5.75. The van der Waals surface area contributed by atoms with Gasteiger partial charge >= 0.3 is 12.4 Å². The van der Waals surface area contributed by atoms with Crippen molar-refractivity contribution < 1.29 is 30.7 Å². The quantitative estimate of drug-likeness (QED) is 0.363. The van der Waals surface area contributed by atoms with Crippen LogP contribution in [0.4, 0.5) is 30.7 Å². The molecule has 0 fully saturated rings. The van der Waals surface area contributed by atoms with Gasteiger partial charge in [-0.25, -0.2) is 4.39 Å². The van der Waals surface area contributed by atoms with E-state index in [0.29, 0.717) is 5.75 Å². The Morgan fingerprint density at radius 1 is 1.05 bits per heavy atom. The van der Waals surface area contributed by atoms with Crippen LogP contribution >= 0.6 is 11.8 Å². The van der Waals surface area contributed by atoms with E-state index in [0.717, 1.165) is 11.8 Å². The predicted molar refractivity (Wildman–Crippen MR) is 61.7 cm³/mol. The molecule has 0 aromatic carbocycles. The fourth-order valence-corrected chi connectivity index (χ4v) is 2.01. The number of hydrogen-bond acceptors (Lipinski definition) is 2. The maximum absolute atomic E-state index is 13.3. The van der Waals surface area contributed by atoms with E-state index in [4.69, 9.17) is 5.26 Å². The molecule has 0 heterocycles. The van der Waals surface area contributed by atoms with Gasteiger partial charge in [-0.3, -0.25) is 0 Å². The highest BCUT2D eigenvalue weighted by Gasteiger charge is 2.56. The molecule has 20 heavy (non-hydrogen) atoms. The standard InChI is InChI=1S/C11H14F7NS/c1-9(12,11(16,17)18)6-8(10(13,14)15)4-2-3-5-20-7-19/h8H,2-6H2,1H3. The summed E-state index contributed by atoms with van der Waals surface area (Å²) in [5, 5.41) is 9.93. The van der Waals surface area contributed by atoms with Gasteiger partial charge in [0.05, 0.1) is 5.92 Å². The zero-order valence-corrected chi connectivity index (χ0v) is 11.4. The second-order valence-electron chi connectivity index (χ2n) is 4.57. The molecule has 0 amide bonds. The van der Waals surface area contributed by atoms with E-state index >= 15 is 0 Å². The lowest BCUT2D eigenvalue weighted by Crippen LogP contribution is -2.42. The molecule has 0 radical (unpaired) electrons. The maximum atomic E-state index is 13.3. The summed E-state index contributed by atoms with van der Waals surface area (Å²) in [6.07, 6.45) is -12.2. The number of alkyl halides is 7. The second kappa shape index (κ2) is 7.38. The fourth-order valence-electron chi connectivity index (χ4n) is 1.57. The molecule has 0 rings (SSSR count). The van der Waals surface area contributed by atoms with Crippen molar-refractivity contribution in [3.63, 3.8) is 0 Å². The second-order valence-corrected chi connectivity index (χ2v) is 5.45. The van der Waals surface area contributed by atoms with Gasteiger partial charge < -0.3 is 0 Å². The van der Waals surface area contributed by atoms with Crippen LogP contribution in [-0.4, -0.2) is 23.8 Å². The number of nitriles is 1. The van der Waals surface area contributed by atoms with Crippen molar-refractivity contribution in [3.05, 3.63) is 0 Å². The van der Waals surface area contributed by atoms with Crippen molar-refractivity contribution in [2.75, 3.05) is 5.75 Å². The molecule has 2 atom stereocenters. The molecular weight excluding hydrogens is 311 g/mol. The summed E-state index contributed by atoms with van der Waals surface area (Å²) >= 11 is 0.855. The molecule has 0 aliphatic carbocycles. The van der Waals surface area contributed by atoms with Crippen LogP contribution in [0.2, 0.25) is 0 Å². The Kier molecular flexibility index (Phi) is 7.14. The predicted octanol–water partition coefficient (Wildman–Crippen LogP) is 5.23. The molecule has 0 aromatic rings. The van der Waals surface area contributed by atoms with E-state index < -0.39 is 36.8 Å². The number of hydrogen-bond donors (Lipinski definition) is 0. The lowest BCUT2D eigenvalue weighted by Gasteiger charge is -2.29. The van der Waals surface area contributed by atoms with Crippen LogP contribution in [-0.2, 0) is 0 Å². The zero-order valence-electron chi connectivity index (χ0n) is 10.6. The molecular formula is C11H14F7NS. The third-order valence-electron chi connectivity index (χ3n) is 2.80. The number of halogens is 7. The van der Waals surface area contributed by atoms with Gasteiger partial charge in [-0.05, 0) is 31.5 Å². The highest BCUT2D eigenvalue weighted by molar-refractivity contribution is 8.03. The third kappa shape index (κ3) is 6.68. The number of rotatable bonds is 7. The monoisotopic (exact) mass is 325 g/mol. The Morgan fingerprint density at radius 3 is 2.00 bits per heavy atom. The summed E-state index contributed by atoms with van der Waals surface area (Å²) < 4.78 is 88.1. The minimum atomic E-state index is -5.33. The van der Waals surface area contributed by atoms with Gasteiger partial charge in [0.15, 0.2) is 0 Å². The van der Waals surface area contributed by atoms with Gasteiger partial charge in [-0.2, -0.15) is 31.6 Å². The highest BCUT2D eigenvalue weighted by Crippen LogP contribution is 2.44. The molecule has 0 aromatic heterocycles. The number of thioether (sulfide) groups is 1. The van der Waals surface area contributed by atoms with Gasteiger partial charge in [0.2, 0.25) is 5.67 Å². The lowest BCUT2D eigenvalue weighted by atomic mass is 9.88. The van der Waals surface area contributed by atoms with E-state index in [1.54, 1.807) is 5.40 Å². The molecule has 0 saturated heterocycles. The summed E-state index contributed by atoms with van der Waals surface area (Å²) in [5.74, 6) is -2.04. The zero-order chi connectivity index (χ0) is 16.0. The van der Waals surface area contributed by atoms with Crippen LogP contribution in [0.5, 0.6) is 0 Å². The number of thiocyanates is 1. The topological polar surface area (TPSA) is 23.8 Å². The summed E-state index contributed by atoms with van der Waals surface area (Å²) in [7, 11) is 0. The summed E-state index contributed by atoms with van der Waals surface area (Å²) in [6.45, 7) is 0.122. The molecule has 0 aliphatic heterocycles. The van der Waals surface area contributed by atoms with Crippen LogP contribution in [0.25, 0.3) is 0 Å². The van der Waals surface area contributed by atoms with E-state index in [2.05, 4.69) is 0 Å². The first kappa shape index (κ1) is 19.4. The van der Waals surface area contributed by atoms with Crippen molar-refractivity contribution >= 4 is 11.8 Å². The van der Waals surface area contributed by atoms with Crippen LogP contribution in [0, 0.1) is 16.6 Å². The van der Waals surface area contributed by atoms with Gasteiger partial charge in [0.25, 0.3) is 0 Å². The van der Waals surface area contributed by atoms with Crippen LogP contribution in [0.1, 0.15) is 32.6 Å². The molecule has 0 bridgehead atoms. The minimum Gasteiger partial charge on any atom is -0.234 e. The minimum absolute atomic E-state index is 0.00715. The summed E-state index contributed by atoms with van der Waals surface area (Å²) in [4.78, 5) is 0. The largest absolute Gasteiger partial charge is 0.422 e. The first-order valence-corrected chi connectivity index (χ1v) is 6.73. The van der Waals surface area contributed by atoms with Crippen molar-refractivity contribution in [3.8, 4) is 5.40 Å². The average molecular weight is 325 g/mol. The highest BCUT2D eigenvalue weighted by atomic mass is 32.2. The smallest absolute Gasteiger partial charge is 0.234 e. The van der Waals surface area contributed by atoms with Crippen molar-refractivity contribution in [1.82, 2.24) is 0 Å².